The molecule has 1 aliphatic heterocycles. The second-order valence-electron chi connectivity index (χ2n) is 7.58. The van der Waals surface area contributed by atoms with Crippen LogP contribution in [0, 0.1) is 11.8 Å². The van der Waals surface area contributed by atoms with Gasteiger partial charge in [0.15, 0.2) is 5.96 Å². The van der Waals surface area contributed by atoms with Crippen molar-refractivity contribution in [3.8, 4) is 0 Å². The van der Waals surface area contributed by atoms with E-state index in [0.29, 0.717) is 11.8 Å². The quantitative estimate of drug-likeness (QED) is 0.513. The van der Waals surface area contributed by atoms with Crippen molar-refractivity contribution in [1.82, 2.24) is 25.3 Å². The van der Waals surface area contributed by atoms with Crippen LogP contribution in [-0.2, 0) is 11.3 Å². The molecule has 0 spiro atoms. The number of morpholine rings is 1. The number of hydrogen-bond donors (Lipinski definition) is 2. The fraction of sp³-hybridized carbons (Fsp3) is 0.789. The lowest BCUT2D eigenvalue weighted by molar-refractivity contribution is -0.0284. The van der Waals surface area contributed by atoms with E-state index >= 15 is 0 Å². The minimum Gasteiger partial charge on any atom is -0.374 e. The van der Waals surface area contributed by atoms with E-state index in [4.69, 9.17) is 9.73 Å². The minimum atomic E-state index is 0.216. The van der Waals surface area contributed by atoms with Crippen LogP contribution in [0.2, 0.25) is 0 Å². The fourth-order valence-electron chi connectivity index (χ4n) is 3.17. The van der Waals surface area contributed by atoms with Gasteiger partial charge in [-0.25, -0.2) is 0 Å². The molecule has 2 N–H and O–H groups in total. The number of hydrogen-bond acceptors (Lipinski definition) is 4. The monoisotopic (exact) mass is 364 g/mol. The maximum absolute atomic E-state index is 5.92. The molecule has 0 bridgehead atoms. The fourth-order valence-corrected chi connectivity index (χ4v) is 3.17. The van der Waals surface area contributed by atoms with Crippen LogP contribution in [0.1, 0.15) is 27.7 Å². The molecule has 0 saturated carbocycles. The van der Waals surface area contributed by atoms with Crippen LogP contribution in [0.3, 0.4) is 0 Å². The second kappa shape index (κ2) is 11.2. The van der Waals surface area contributed by atoms with E-state index in [0.717, 1.165) is 58.4 Å². The normalized spacial score (nSPS) is 20.3. The van der Waals surface area contributed by atoms with Crippen molar-refractivity contribution < 1.29 is 4.74 Å². The van der Waals surface area contributed by atoms with Crippen molar-refractivity contribution >= 4 is 5.96 Å². The van der Waals surface area contributed by atoms with E-state index in [2.05, 4.69) is 48.3 Å². The first-order valence-corrected chi connectivity index (χ1v) is 9.90. The molecule has 1 aliphatic rings. The van der Waals surface area contributed by atoms with E-state index < -0.39 is 0 Å². The maximum Gasteiger partial charge on any atom is 0.191 e. The summed E-state index contributed by atoms with van der Waals surface area (Å²) in [4.78, 5) is 7.23. The molecule has 1 aromatic rings. The first kappa shape index (κ1) is 20.7. The standard InChI is InChI=1S/C19H36N6O/c1-5-20-19(21-11-17(4)14-25-8-6-7-23-25)22-12-18-15-24(9-10-26-18)13-16(2)3/h6-8,16-18H,5,9-15H2,1-4H3,(H2,20,21,22). The highest BCUT2D eigenvalue weighted by Crippen LogP contribution is 2.07. The van der Waals surface area contributed by atoms with Crippen molar-refractivity contribution in [2.24, 2.45) is 16.8 Å². The molecule has 0 radical (unpaired) electrons. The van der Waals surface area contributed by atoms with Gasteiger partial charge in [0, 0.05) is 58.2 Å². The van der Waals surface area contributed by atoms with Gasteiger partial charge < -0.3 is 15.4 Å². The summed E-state index contributed by atoms with van der Waals surface area (Å²) in [5.41, 5.74) is 0. The minimum absolute atomic E-state index is 0.216. The number of aromatic nitrogens is 2. The van der Waals surface area contributed by atoms with Crippen LogP contribution in [0.4, 0.5) is 0 Å². The Morgan fingerprint density at radius 3 is 2.85 bits per heavy atom. The number of nitrogens with one attached hydrogen (secondary N) is 2. The molecule has 2 atom stereocenters. The van der Waals surface area contributed by atoms with Crippen molar-refractivity contribution in [2.45, 2.75) is 40.3 Å². The van der Waals surface area contributed by atoms with Gasteiger partial charge in [-0.2, -0.15) is 5.10 Å². The average molecular weight is 365 g/mol. The van der Waals surface area contributed by atoms with E-state index in [1.54, 1.807) is 0 Å². The number of ether oxygens (including phenoxy) is 1. The number of nitrogens with zero attached hydrogens (tertiary/aromatic N) is 4. The average Bonchev–Trinajstić information content (AvgIpc) is 3.10. The summed E-state index contributed by atoms with van der Waals surface area (Å²) < 4.78 is 7.87. The summed E-state index contributed by atoms with van der Waals surface area (Å²) in [6, 6.07) is 1.95. The number of aliphatic imine (C=N–C) groups is 1. The van der Waals surface area contributed by atoms with E-state index in [9.17, 15) is 0 Å². The van der Waals surface area contributed by atoms with Crippen LogP contribution in [0.5, 0.6) is 0 Å². The zero-order chi connectivity index (χ0) is 18.8. The number of guanidine groups is 1. The Kier molecular flexibility index (Phi) is 8.91. The lowest BCUT2D eigenvalue weighted by Crippen LogP contribution is -2.50. The Morgan fingerprint density at radius 1 is 1.31 bits per heavy atom. The van der Waals surface area contributed by atoms with Crippen LogP contribution in [0.15, 0.2) is 23.5 Å². The van der Waals surface area contributed by atoms with Crippen molar-refractivity contribution in [1.29, 1.82) is 0 Å². The third-order valence-electron chi connectivity index (χ3n) is 4.31. The lowest BCUT2D eigenvalue weighted by Gasteiger charge is -2.34. The molecule has 1 fully saturated rings. The maximum atomic E-state index is 5.92. The highest BCUT2D eigenvalue weighted by atomic mass is 16.5. The lowest BCUT2D eigenvalue weighted by atomic mass is 10.2. The van der Waals surface area contributed by atoms with Crippen LogP contribution >= 0.6 is 0 Å². The predicted molar refractivity (Wildman–Crippen MR) is 106 cm³/mol. The van der Waals surface area contributed by atoms with E-state index in [1.807, 2.05) is 23.1 Å². The summed E-state index contributed by atoms with van der Waals surface area (Å²) in [6.07, 6.45) is 4.02. The van der Waals surface area contributed by atoms with Gasteiger partial charge in [0.05, 0.1) is 12.7 Å². The third-order valence-corrected chi connectivity index (χ3v) is 4.31. The van der Waals surface area contributed by atoms with Gasteiger partial charge in [-0.15, -0.1) is 0 Å². The highest BCUT2D eigenvalue weighted by molar-refractivity contribution is 5.79. The first-order valence-electron chi connectivity index (χ1n) is 9.90. The Hall–Kier alpha value is -1.60. The molecule has 7 heteroatoms. The van der Waals surface area contributed by atoms with Crippen LogP contribution in [-0.4, -0.2) is 72.6 Å². The van der Waals surface area contributed by atoms with Gasteiger partial charge in [0.1, 0.15) is 0 Å². The third kappa shape index (κ3) is 7.74. The molecule has 2 unspecified atom stereocenters. The molecule has 7 nitrogen and oxygen atoms in total. The van der Waals surface area contributed by atoms with Gasteiger partial charge in [-0.3, -0.25) is 14.6 Å². The van der Waals surface area contributed by atoms with Crippen molar-refractivity contribution in [3.63, 3.8) is 0 Å². The smallest absolute Gasteiger partial charge is 0.191 e. The van der Waals surface area contributed by atoms with Gasteiger partial charge >= 0.3 is 0 Å². The Balaban J connectivity index is 1.77. The molecule has 0 amide bonds. The van der Waals surface area contributed by atoms with Crippen LogP contribution in [0.25, 0.3) is 0 Å². The summed E-state index contributed by atoms with van der Waals surface area (Å²) in [7, 11) is 0. The van der Waals surface area contributed by atoms with Gasteiger partial charge in [-0.1, -0.05) is 20.8 Å². The topological polar surface area (TPSA) is 66.7 Å². The number of rotatable bonds is 9. The summed E-state index contributed by atoms with van der Waals surface area (Å²) >= 11 is 0. The zero-order valence-electron chi connectivity index (χ0n) is 16.8. The predicted octanol–water partition coefficient (Wildman–Crippen LogP) is 1.43. The zero-order valence-corrected chi connectivity index (χ0v) is 16.8. The Bertz CT molecular complexity index is 516. The SMILES string of the molecule is CCNC(=NCC(C)Cn1cccn1)NCC1CN(CC(C)C)CCO1. The van der Waals surface area contributed by atoms with Gasteiger partial charge in [0.25, 0.3) is 0 Å². The largest absolute Gasteiger partial charge is 0.374 e. The summed E-state index contributed by atoms with van der Waals surface area (Å²) in [5.74, 6) is 1.99. The molecule has 2 heterocycles. The van der Waals surface area contributed by atoms with E-state index in [1.165, 1.54) is 0 Å². The first-order chi connectivity index (χ1) is 12.6. The Labute approximate surface area is 158 Å². The van der Waals surface area contributed by atoms with Crippen molar-refractivity contribution in [3.05, 3.63) is 18.5 Å². The molecule has 2 rings (SSSR count). The summed E-state index contributed by atoms with van der Waals surface area (Å²) in [6.45, 7) is 16.1. The molecular formula is C19H36N6O. The summed E-state index contributed by atoms with van der Waals surface area (Å²) in [5, 5.41) is 11.0. The Morgan fingerprint density at radius 2 is 2.15 bits per heavy atom. The molecule has 0 aliphatic carbocycles. The molecule has 148 valence electrons. The molecular weight excluding hydrogens is 328 g/mol. The highest BCUT2D eigenvalue weighted by Gasteiger charge is 2.21. The molecule has 0 aromatic carbocycles. The van der Waals surface area contributed by atoms with Gasteiger partial charge in [-0.05, 0) is 24.8 Å². The molecule has 1 aromatic heterocycles. The van der Waals surface area contributed by atoms with Gasteiger partial charge in [0.2, 0.25) is 0 Å². The second-order valence-corrected chi connectivity index (χ2v) is 7.58. The van der Waals surface area contributed by atoms with Crippen molar-refractivity contribution in [2.75, 3.05) is 45.9 Å². The molecule has 26 heavy (non-hydrogen) atoms. The van der Waals surface area contributed by atoms with Crippen LogP contribution < -0.4 is 10.6 Å². The van der Waals surface area contributed by atoms with E-state index in [-0.39, 0.29) is 6.10 Å². The molecule has 1 saturated heterocycles.